The summed E-state index contributed by atoms with van der Waals surface area (Å²) in [5, 5.41) is 3.59. The molecule has 5 atom stereocenters. The van der Waals surface area contributed by atoms with Crippen LogP contribution in [0, 0.1) is 29.1 Å². The number of nitrogens with one attached hydrogen (secondary N) is 1. The van der Waals surface area contributed by atoms with E-state index in [0.29, 0.717) is 35.6 Å². The number of carbonyl (C=O) groups excluding carboxylic acids is 1. The number of carbonyl (C=O) groups is 1. The van der Waals surface area contributed by atoms with Crippen LogP contribution in [0.15, 0.2) is 60.7 Å². The average molecular weight is 457 g/mol. The van der Waals surface area contributed by atoms with Gasteiger partial charge in [-0.15, -0.1) is 0 Å². The quantitative estimate of drug-likeness (QED) is 0.567. The van der Waals surface area contributed by atoms with Crippen LogP contribution in [0.4, 0.5) is 0 Å². The number of hydrogen-bond donors (Lipinski definition) is 2. The van der Waals surface area contributed by atoms with E-state index in [4.69, 9.17) is 5.73 Å². The van der Waals surface area contributed by atoms with Crippen molar-refractivity contribution in [2.75, 3.05) is 6.54 Å². The molecule has 0 radical (unpaired) electrons. The molecule has 34 heavy (non-hydrogen) atoms. The zero-order valence-electron chi connectivity index (χ0n) is 20.4. The molecule has 2 aromatic rings. The number of aryl methyl sites for hydroxylation is 1. The number of hydrogen-bond acceptors (Lipinski definition) is 2. The molecule has 0 saturated heterocycles. The molecule has 3 N–H and O–H groups in total. The molecule has 180 valence electrons. The highest BCUT2D eigenvalue weighted by atomic mass is 16.2. The van der Waals surface area contributed by atoms with E-state index in [1.165, 1.54) is 30.4 Å². The van der Waals surface area contributed by atoms with Crippen molar-refractivity contribution in [1.82, 2.24) is 5.32 Å². The zero-order chi connectivity index (χ0) is 23.2. The summed E-state index contributed by atoms with van der Waals surface area (Å²) in [5.41, 5.74) is 8.86. The molecule has 5 fully saturated rings. The van der Waals surface area contributed by atoms with Gasteiger partial charge in [0, 0.05) is 6.04 Å². The molecule has 5 aliphatic carbocycles. The fraction of sp³-hybridized carbons (Fsp3) is 0.581. The summed E-state index contributed by atoms with van der Waals surface area (Å²) in [7, 11) is 0. The average Bonchev–Trinajstić information content (AvgIpc) is 3.26. The molecule has 1 amide bonds. The van der Waals surface area contributed by atoms with Crippen LogP contribution >= 0.6 is 0 Å². The van der Waals surface area contributed by atoms with Crippen molar-refractivity contribution in [2.24, 2.45) is 34.8 Å². The van der Waals surface area contributed by atoms with E-state index in [1.54, 1.807) is 0 Å². The van der Waals surface area contributed by atoms with Gasteiger partial charge >= 0.3 is 0 Å². The van der Waals surface area contributed by atoms with E-state index in [2.05, 4.69) is 66.0 Å². The molecule has 4 bridgehead atoms. The Morgan fingerprint density at radius 3 is 2.32 bits per heavy atom. The SMILES string of the molecule is NC[C@H]1CC[C@H](NC(=O)C23CC4CC(c5ccccc5)(CC2C4CCc2ccccc2)C3)CC1. The lowest BCUT2D eigenvalue weighted by molar-refractivity contribution is -0.134. The normalized spacial score (nSPS) is 38.2. The highest BCUT2D eigenvalue weighted by Crippen LogP contribution is 2.73. The highest BCUT2D eigenvalue weighted by Gasteiger charge is 2.70. The van der Waals surface area contributed by atoms with E-state index in [9.17, 15) is 4.79 Å². The fourth-order valence-electron chi connectivity index (χ4n) is 8.79. The summed E-state index contributed by atoms with van der Waals surface area (Å²) >= 11 is 0. The lowest BCUT2D eigenvalue weighted by atomic mass is 9.61. The first-order valence-electron chi connectivity index (χ1n) is 13.7. The van der Waals surface area contributed by atoms with Gasteiger partial charge in [-0.3, -0.25) is 4.79 Å². The molecule has 2 aromatic carbocycles. The van der Waals surface area contributed by atoms with E-state index in [-0.39, 0.29) is 10.8 Å². The van der Waals surface area contributed by atoms with Gasteiger partial charge < -0.3 is 11.1 Å². The van der Waals surface area contributed by atoms with Crippen LogP contribution in [-0.2, 0) is 16.6 Å². The van der Waals surface area contributed by atoms with Gasteiger partial charge in [0.1, 0.15) is 0 Å². The van der Waals surface area contributed by atoms with Gasteiger partial charge in [-0.1, -0.05) is 60.7 Å². The lowest BCUT2D eigenvalue weighted by Gasteiger charge is -2.43. The minimum atomic E-state index is -0.162. The molecule has 0 spiro atoms. The second-order valence-corrected chi connectivity index (χ2v) is 12.1. The maximum Gasteiger partial charge on any atom is 0.226 e. The van der Waals surface area contributed by atoms with Gasteiger partial charge in [0.2, 0.25) is 5.91 Å². The van der Waals surface area contributed by atoms with Crippen molar-refractivity contribution in [1.29, 1.82) is 0 Å². The van der Waals surface area contributed by atoms with E-state index < -0.39 is 0 Å². The molecular formula is C31H40N2O. The molecule has 3 heteroatoms. The summed E-state index contributed by atoms with van der Waals surface area (Å²) in [5.74, 6) is 2.91. The summed E-state index contributed by atoms with van der Waals surface area (Å²) in [6.45, 7) is 0.789. The number of rotatable bonds is 7. The standard InChI is InChI=1S/C31H40N2O/c32-20-23-11-14-26(15-12-23)33-29(34)31-18-24-17-30(21-31,25-9-5-2-6-10-25)19-28(31)27(24)16-13-22-7-3-1-4-8-22/h1-10,23-24,26-28H,11-21,32H2,(H,33,34)/t23-,24?,26-,27?,28?,30?,31?. The van der Waals surface area contributed by atoms with Gasteiger partial charge in [-0.25, -0.2) is 0 Å². The van der Waals surface area contributed by atoms with Gasteiger partial charge in [0.15, 0.2) is 0 Å². The topological polar surface area (TPSA) is 55.1 Å². The number of amides is 1. The third kappa shape index (κ3) is 3.71. The second kappa shape index (κ2) is 8.82. The van der Waals surface area contributed by atoms with E-state index in [1.807, 2.05) is 0 Å². The van der Waals surface area contributed by atoms with E-state index in [0.717, 1.165) is 51.5 Å². The first kappa shape index (κ1) is 22.3. The predicted molar refractivity (Wildman–Crippen MR) is 137 cm³/mol. The van der Waals surface area contributed by atoms with Crippen LogP contribution in [0.25, 0.3) is 0 Å². The summed E-state index contributed by atoms with van der Waals surface area (Å²) in [6, 6.07) is 22.4. The maximum atomic E-state index is 14.1. The Morgan fingerprint density at radius 1 is 0.912 bits per heavy atom. The van der Waals surface area contributed by atoms with Crippen molar-refractivity contribution >= 4 is 5.91 Å². The van der Waals surface area contributed by atoms with Crippen molar-refractivity contribution in [2.45, 2.75) is 75.7 Å². The molecular weight excluding hydrogens is 416 g/mol. The Bertz CT molecular complexity index is 999. The van der Waals surface area contributed by atoms with Gasteiger partial charge in [-0.05, 0) is 111 Å². The van der Waals surface area contributed by atoms with Crippen molar-refractivity contribution < 1.29 is 4.79 Å². The van der Waals surface area contributed by atoms with Gasteiger partial charge in [0.05, 0.1) is 5.41 Å². The second-order valence-electron chi connectivity index (χ2n) is 12.1. The summed E-state index contributed by atoms with van der Waals surface area (Å²) in [6.07, 6.45) is 11.5. The molecule has 5 saturated carbocycles. The van der Waals surface area contributed by atoms with Crippen molar-refractivity contribution in [3.05, 3.63) is 71.8 Å². The maximum absolute atomic E-state index is 14.1. The minimum absolute atomic E-state index is 0.162. The smallest absolute Gasteiger partial charge is 0.226 e. The van der Waals surface area contributed by atoms with Crippen molar-refractivity contribution in [3.63, 3.8) is 0 Å². The summed E-state index contributed by atoms with van der Waals surface area (Å²) in [4.78, 5) is 14.1. The van der Waals surface area contributed by atoms with Gasteiger partial charge in [0.25, 0.3) is 0 Å². The molecule has 0 aliphatic heterocycles. The Balaban J connectivity index is 1.24. The number of nitrogens with two attached hydrogens (primary N) is 1. The minimum Gasteiger partial charge on any atom is -0.353 e. The van der Waals surface area contributed by atoms with Crippen LogP contribution in [0.2, 0.25) is 0 Å². The van der Waals surface area contributed by atoms with Crippen molar-refractivity contribution in [3.8, 4) is 0 Å². The highest BCUT2D eigenvalue weighted by molar-refractivity contribution is 5.85. The third-order valence-corrected chi connectivity index (χ3v) is 10.3. The fourth-order valence-corrected chi connectivity index (χ4v) is 8.79. The molecule has 0 heterocycles. The molecule has 3 nitrogen and oxygen atoms in total. The van der Waals surface area contributed by atoms with E-state index >= 15 is 0 Å². The largest absolute Gasteiger partial charge is 0.353 e. The molecule has 5 unspecified atom stereocenters. The zero-order valence-corrected chi connectivity index (χ0v) is 20.4. The summed E-state index contributed by atoms with van der Waals surface area (Å²) < 4.78 is 0. The Hall–Kier alpha value is -2.13. The Labute approximate surface area is 204 Å². The predicted octanol–water partition coefficient (Wildman–Crippen LogP) is 5.63. The number of benzene rings is 2. The first-order chi connectivity index (χ1) is 16.6. The van der Waals surface area contributed by atoms with Gasteiger partial charge in [-0.2, -0.15) is 0 Å². The first-order valence-corrected chi connectivity index (χ1v) is 13.7. The van der Waals surface area contributed by atoms with Crippen LogP contribution in [0.5, 0.6) is 0 Å². The monoisotopic (exact) mass is 456 g/mol. The third-order valence-electron chi connectivity index (χ3n) is 10.3. The molecule has 0 aromatic heterocycles. The van der Waals surface area contributed by atoms with Crippen LogP contribution in [-0.4, -0.2) is 18.5 Å². The Morgan fingerprint density at radius 2 is 1.62 bits per heavy atom. The Kier molecular flexibility index (Phi) is 5.80. The molecule has 7 rings (SSSR count). The van der Waals surface area contributed by atoms with Crippen LogP contribution < -0.4 is 11.1 Å². The lowest BCUT2D eigenvalue weighted by Crippen LogP contribution is -2.48. The van der Waals surface area contributed by atoms with Crippen LogP contribution in [0.3, 0.4) is 0 Å². The van der Waals surface area contributed by atoms with Crippen LogP contribution in [0.1, 0.15) is 68.9 Å². The molecule has 5 aliphatic rings.